The van der Waals surface area contributed by atoms with Crippen LogP contribution in [-0.4, -0.2) is 88.4 Å². The molecule has 0 unspecified atom stereocenters. The number of aliphatic hydroxyl groups excluding tert-OH is 3. The average molecular weight is 488 g/mol. The molecule has 1 aliphatic heterocycles. The van der Waals surface area contributed by atoms with Crippen LogP contribution in [0.2, 0.25) is 0 Å². The molecule has 0 amide bonds. The molecule has 2 heterocycles. The van der Waals surface area contributed by atoms with Crippen molar-refractivity contribution in [1.82, 2.24) is 4.98 Å². The molecule has 0 bridgehead atoms. The van der Waals surface area contributed by atoms with Crippen molar-refractivity contribution in [3.8, 4) is 5.75 Å². The minimum absolute atomic E-state index is 0.00754. The number of aromatic nitrogens is 1. The summed E-state index contributed by atoms with van der Waals surface area (Å²) in [6.45, 7) is -0.0629. The van der Waals surface area contributed by atoms with Gasteiger partial charge in [-0.15, -0.1) is 0 Å². The molecule has 1 aromatic heterocycles. The molecule has 1 aromatic rings. The fourth-order valence-electron chi connectivity index (χ4n) is 2.64. The summed E-state index contributed by atoms with van der Waals surface area (Å²) >= 11 is 0. The van der Waals surface area contributed by atoms with Gasteiger partial charge in [0.05, 0.1) is 18.9 Å². The number of phosphoric acid groups is 2. The van der Waals surface area contributed by atoms with Gasteiger partial charge in [0.1, 0.15) is 30.1 Å². The molecule has 0 saturated carbocycles. The lowest BCUT2D eigenvalue weighted by Gasteiger charge is -2.38. The Hall–Kier alpha value is -1.32. The van der Waals surface area contributed by atoms with Crippen molar-refractivity contribution in [1.29, 1.82) is 0 Å². The standard InChI is InChI=1S/C14H22N2O13P2/c1-6-11(17)8(7(2-15-6)4-27-30(21,22)23)3-16-10-12(18)9(5-28-31(24,25)26)29-14(20)13(10)19/h2-3,9-10,12-14,17-20H,4-5H2,1H3,(H2,21,22,23)(H2,24,25,26)/t9-,10+,12-,13-,14+/m1/s1. The van der Waals surface area contributed by atoms with Gasteiger partial charge in [-0.2, -0.15) is 0 Å². The van der Waals surface area contributed by atoms with Gasteiger partial charge in [0.15, 0.2) is 6.29 Å². The summed E-state index contributed by atoms with van der Waals surface area (Å²) in [6.07, 6.45) is -4.70. The zero-order valence-corrected chi connectivity index (χ0v) is 17.7. The quantitative estimate of drug-likeness (QED) is 0.146. The summed E-state index contributed by atoms with van der Waals surface area (Å²) in [5.41, 5.74) is 0.0416. The maximum atomic E-state index is 10.9. The molecule has 0 spiro atoms. The minimum atomic E-state index is -4.91. The van der Waals surface area contributed by atoms with Crippen molar-refractivity contribution >= 4 is 21.9 Å². The van der Waals surface area contributed by atoms with Crippen LogP contribution in [0.15, 0.2) is 11.2 Å². The number of aryl methyl sites for hydroxylation is 1. The smallest absolute Gasteiger partial charge is 0.469 e. The van der Waals surface area contributed by atoms with Crippen molar-refractivity contribution in [2.45, 2.75) is 44.2 Å². The lowest BCUT2D eigenvalue weighted by molar-refractivity contribution is -0.256. The van der Waals surface area contributed by atoms with Gasteiger partial charge in [0, 0.05) is 23.5 Å². The maximum absolute atomic E-state index is 10.9. The number of aromatic hydroxyl groups is 1. The lowest BCUT2D eigenvalue weighted by Crippen LogP contribution is -2.57. The molecular weight excluding hydrogens is 466 g/mol. The van der Waals surface area contributed by atoms with Crippen LogP contribution in [0.25, 0.3) is 0 Å². The molecule has 15 nitrogen and oxygen atoms in total. The van der Waals surface area contributed by atoms with Crippen LogP contribution in [0.3, 0.4) is 0 Å². The molecule has 0 aromatic carbocycles. The molecule has 5 atom stereocenters. The Labute approximate surface area is 175 Å². The third kappa shape index (κ3) is 7.36. The number of hydrogen-bond acceptors (Lipinski definition) is 11. The highest BCUT2D eigenvalue weighted by molar-refractivity contribution is 7.46. The summed E-state index contributed by atoms with van der Waals surface area (Å²) in [7, 11) is -9.75. The summed E-state index contributed by atoms with van der Waals surface area (Å²) in [4.78, 5) is 43.0. The number of aliphatic imine (C=N–C) groups is 1. The van der Waals surface area contributed by atoms with Crippen LogP contribution in [-0.2, 0) is 29.5 Å². The Balaban J connectivity index is 2.30. The molecule has 1 aliphatic rings. The highest BCUT2D eigenvalue weighted by Gasteiger charge is 2.44. The summed E-state index contributed by atoms with van der Waals surface area (Å²) < 4.78 is 35.3. The Morgan fingerprint density at radius 3 is 2.32 bits per heavy atom. The van der Waals surface area contributed by atoms with E-state index in [2.05, 4.69) is 19.0 Å². The zero-order valence-electron chi connectivity index (χ0n) is 15.9. The summed E-state index contributed by atoms with van der Waals surface area (Å²) in [5, 5.41) is 40.5. The second kappa shape index (κ2) is 10.1. The Bertz CT molecular complexity index is 900. The first kappa shape index (κ1) is 25.9. The van der Waals surface area contributed by atoms with E-state index in [1.54, 1.807) is 0 Å². The van der Waals surface area contributed by atoms with Crippen LogP contribution in [0.5, 0.6) is 5.75 Å². The SMILES string of the molecule is Cc1ncc(COP(=O)(O)O)c(C=N[C@@H]2[C@@H](O)[C@@H](O)O[C@H](COP(=O)(O)O)[C@H]2O)c1O. The highest BCUT2D eigenvalue weighted by Crippen LogP contribution is 2.38. The third-order valence-corrected chi connectivity index (χ3v) is 5.17. The Morgan fingerprint density at radius 1 is 1.13 bits per heavy atom. The van der Waals surface area contributed by atoms with E-state index in [1.807, 2.05) is 0 Å². The van der Waals surface area contributed by atoms with Crippen LogP contribution >= 0.6 is 15.6 Å². The topological polar surface area (TPSA) is 249 Å². The second-order valence-electron chi connectivity index (χ2n) is 6.50. The largest absolute Gasteiger partial charge is 0.505 e. The Kier molecular flexibility index (Phi) is 8.44. The van der Waals surface area contributed by atoms with Gasteiger partial charge >= 0.3 is 15.6 Å². The molecule has 0 aliphatic carbocycles. The van der Waals surface area contributed by atoms with E-state index < -0.39 is 65.3 Å². The van der Waals surface area contributed by atoms with E-state index >= 15 is 0 Å². The maximum Gasteiger partial charge on any atom is 0.469 e. The van der Waals surface area contributed by atoms with Gasteiger partial charge in [0.2, 0.25) is 0 Å². The van der Waals surface area contributed by atoms with E-state index in [1.165, 1.54) is 6.92 Å². The number of ether oxygens (including phenoxy) is 1. The summed E-state index contributed by atoms with van der Waals surface area (Å²) in [5.74, 6) is -0.423. The summed E-state index contributed by atoms with van der Waals surface area (Å²) in [6, 6.07) is -1.49. The molecule has 17 heteroatoms. The van der Waals surface area contributed by atoms with Crippen molar-refractivity contribution in [3.05, 3.63) is 23.0 Å². The first-order valence-electron chi connectivity index (χ1n) is 8.50. The van der Waals surface area contributed by atoms with Gasteiger partial charge in [-0.25, -0.2) is 9.13 Å². The van der Waals surface area contributed by atoms with Gasteiger partial charge < -0.3 is 44.7 Å². The van der Waals surface area contributed by atoms with Crippen LogP contribution in [0.1, 0.15) is 16.8 Å². The number of phosphoric ester groups is 2. The van der Waals surface area contributed by atoms with Gasteiger partial charge in [-0.3, -0.25) is 19.0 Å². The number of rotatable bonds is 8. The first-order chi connectivity index (χ1) is 14.2. The predicted octanol–water partition coefficient (Wildman–Crippen LogP) is -1.96. The predicted molar refractivity (Wildman–Crippen MR) is 99.7 cm³/mol. The van der Waals surface area contributed by atoms with E-state index in [4.69, 9.17) is 24.3 Å². The van der Waals surface area contributed by atoms with Crippen molar-refractivity contribution in [3.63, 3.8) is 0 Å². The number of nitrogens with zero attached hydrogens (tertiary/aromatic N) is 2. The van der Waals surface area contributed by atoms with E-state index in [0.29, 0.717) is 0 Å². The van der Waals surface area contributed by atoms with Crippen LogP contribution < -0.4 is 0 Å². The fraction of sp³-hybridized carbons (Fsp3) is 0.571. The first-order valence-corrected chi connectivity index (χ1v) is 11.6. The lowest BCUT2D eigenvalue weighted by atomic mass is 9.97. The third-order valence-electron chi connectivity index (χ3n) is 4.22. The molecule has 1 fully saturated rings. The highest BCUT2D eigenvalue weighted by atomic mass is 31.2. The number of hydrogen-bond donors (Lipinski definition) is 8. The molecule has 1 saturated heterocycles. The van der Waals surface area contributed by atoms with Gasteiger partial charge in [-0.1, -0.05) is 0 Å². The molecule has 176 valence electrons. The van der Waals surface area contributed by atoms with Crippen molar-refractivity contribution < 1.29 is 62.9 Å². The molecule has 2 rings (SSSR count). The molecule has 8 N–H and O–H groups in total. The normalized spacial score (nSPS) is 27.7. The van der Waals surface area contributed by atoms with Crippen molar-refractivity contribution in [2.24, 2.45) is 4.99 Å². The molecule has 0 radical (unpaired) electrons. The van der Waals surface area contributed by atoms with E-state index in [0.717, 1.165) is 12.4 Å². The van der Waals surface area contributed by atoms with Gasteiger partial charge in [-0.05, 0) is 6.92 Å². The molecule has 31 heavy (non-hydrogen) atoms. The van der Waals surface area contributed by atoms with Crippen LogP contribution in [0, 0.1) is 6.92 Å². The van der Waals surface area contributed by atoms with Crippen LogP contribution in [0.4, 0.5) is 0 Å². The average Bonchev–Trinajstić information content (AvgIpc) is 2.64. The fourth-order valence-corrected chi connectivity index (χ4v) is 3.29. The monoisotopic (exact) mass is 488 g/mol. The molecular formula is C14H22N2O13P2. The number of aliphatic hydroxyl groups is 3. The Morgan fingerprint density at radius 2 is 1.74 bits per heavy atom. The number of pyridine rings is 1. The van der Waals surface area contributed by atoms with E-state index in [9.17, 15) is 29.6 Å². The minimum Gasteiger partial charge on any atom is -0.505 e. The zero-order chi connectivity index (χ0) is 23.6. The second-order valence-corrected chi connectivity index (χ2v) is 8.98. The van der Waals surface area contributed by atoms with Crippen molar-refractivity contribution in [2.75, 3.05) is 6.61 Å². The van der Waals surface area contributed by atoms with E-state index in [-0.39, 0.29) is 16.8 Å². The van der Waals surface area contributed by atoms with Gasteiger partial charge in [0.25, 0.3) is 0 Å².